The van der Waals surface area contributed by atoms with Crippen molar-refractivity contribution in [1.29, 1.82) is 0 Å². The molecular weight excluding hydrogens is 435 g/mol. The molecule has 2 heteroatoms. The summed E-state index contributed by atoms with van der Waals surface area (Å²) in [6.07, 6.45) is 7.05. The number of hydrogen-bond donors (Lipinski definition) is 0. The summed E-state index contributed by atoms with van der Waals surface area (Å²) in [6.45, 7) is 4.03. The first-order chi connectivity index (χ1) is 14.3. The Morgan fingerprint density at radius 3 is 1.66 bits per heavy atom. The molecular formula is C27H30BrP. The summed E-state index contributed by atoms with van der Waals surface area (Å²) in [6, 6.07) is 34.1. The summed E-state index contributed by atoms with van der Waals surface area (Å²) < 4.78 is 0. The SMILES string of the molecule is C=CCC1CCC(CBr)([PH](c2ccccc2)(c2ccccc2)c2ccccc2)C1. The van der Waals surface area contributed by atoms with Crippen LogP contribution in [0.15, 0.2) is 104 Å². The van der Waals surface area contributed by atoms with Crippen LogP contribution < -0.4 is 15.9 Å². The molecule has 1 fully saturated rings. The van der Waals surface area contributed by atoms with Crippen molar-refractivity contribution in [3.05, 3.63) is 104 Å². The predicted octanol–water partition coefficient (Wildman–Crippen LogP) is 6.22. The van der Waals surface area contributed by atoms with Gasteiger partial charge in [-0.05, 0) is 0 Å². The van der Waals surface area contributed by atoms with Gasteiger partial charge < -0.3 is 0 Å². The second-order valence-corrected chi connectivity index (χ2v) is 13.2. The van der Waals surface area contributed by atoms with E-state index in [1.165, 1.54) is 35.2 Å². The van der Waals surface area contributed by atoms with E-state index in [1.54, 1.807) is 0 Å². The average Bonchev–Trinajstić information content (AvgIpc) is 3.21. The third kappa shape index (κ3) is 3.54. The number of rotatable bonds is 7. The van der Waals surface area contributed by atoms with E-state index < -0.39 is 7.26 Å². The Hall–Kier alpha value is -1.69. The molecule has 1 aliphatic carbocycles. The van der Waals surface area contributed by atoms with Crippen LogP contribution in [0.1, 0.15) is 25.7 Å². The minimum absolute atomic E-state index is 0.241. The molecule has 1 aliphatic rings. The number of benzene rings is 3. The molecule has 150 valence electrons. The Balaban J connectivity index is 2.04. The topological polar surface area (TPSA) is 0 Å². The molecule has 0 radical (unpaired) electrons. The van der Waals surface area contributed by atoms with Gasteiger partial charge in [0, 0.05) is 0 Å². The summed E-state index contributed by atoms with van der Waals surface area (Å²) in [7, 11) is -2.29. The van der Waals surface area contributed by atoms with E-state index in [0.717, 1.165) is 17.7 Å². The standard InChI is InChI=1S/C27H30BrP/c1-2-12-23-19-20-27(21-23,22-28)29(24-13-6-3-7-14-24,25-15-8-4-9-16-25)26-17-10-5-11-18-26/h2-11,13-18,23,29H,1,12,19-22H2. The molecule has 0 aromatic heterocycles. The van der Waals surface area contributed by atoms with Crippen molar-refractivity contribution in [1.82, 2.24) is 0 Å². The van der Waals surface area contributed by atoms with Gasteiger partial charge >= 0.3 is 185 Å². The molecule has 2 unspecified atom stereocenters. The zero-order valence-corrected chi connectivity index (χ0v) is 19.5. The van der Waals surface area contributed by atoms with Crippen molar-refractivity contribution >= 4 is 39.1 Å². The number of allylic oxidation sites excluding steroid dienone is 1. The van der Waals surface area contributed by atoms with Gasteiger partial charge in [0.2, 0.25) is 0 Å². The number of alkyl halides is 1. The van der Waals surface area contributed by atoms with Crippen LogP contribution in [0.3, 0.4) is 0 Å². The van der Waals surface area contributed by atoms with Crippen LogP contribution in [0.4, 0.5) is 0 Å². The molecule has 29 heavy (non-hydrogen) atoms. The fraction of sp³-hybridized carbons (Fsp3) is 0.259. The van der Waals surface area contributed by atoms with Crippen LogP contribution in [0.5, 0.6) is 0 Å². The van der Waals surface area contributed by atoms with Gasteiger partial charge in [-0.25, -0.2) is 0 Å². The van der Waals surface area contributed by atoms with Gasteiger partial charge in [0.1, 0.15) is 0 Å². The fourth-order valence-electron chi connectivity index (χ4n) is 5.72. The molecule has 4 rings (SSSR count). The molecule has 0 N–H and O–H groups in total. The molecule has 1 saturated carbocycles. The van der Waals surface area contributed by atoms with Crippen LogP contribution in [0.25, 0.3) is 0 Å². The monoisotopic (exact) mass is 464 g/mol. The fourth-order valence-corrected chi connectivity index (χ4v) is 13.7. The van der Waals surface area contributed by atoms with Gasteiger partial charge in [-0.1, -0.05) is 0 Å². The quantitative estimate of drug-likeness (QED) is 0.221. The maximum atomic E-state index is 4.05. The number of halogens is 1. The molecule has 3 aromatic carbocycles. The van der Waals surface area contributed by atoms with Crippen LogP contribution in [-0.4, -0.2) is 10.5 Å². The molecule has 3 aromatic rings. The Labute approximate surface area is 184 Å². The van der Waals surface area contributed by atoms with Gasteiger partial charge in [-0.2, -0.15) is 0 Å². The van der Waals surface area contributed by atoms with Gasteiger partial charge in [0.15, 0.2) is 0 Å². The summed E-state index contributed by atoms with van der Waals surface area (Å²) in [5.41, 5.74) is 0. The normalized spacial score (nSPS) is 22.3. The molecule has 0 heterocycles. The molecule has 2 atom stereocenters. The molecule has 0 bridgehead atoms. The van der Waals surface area contributed by atoms with E-state index in [1.807, 2.05) is 0 Å². The second kappa shape index (κ2) is 8.99. The van der Waals surface area contributed by atoms with Gasteiger partial charge in [0.05, 0.1) is 0 Å². The summed E-state index contributed by atoms with van der Waals surface area (Å²) >= 11 is 4.05. The van der Waals surface area contributed by atoms with Crippen molar-refractivity contribution in [2.45, 2.75) is 30.8 Å². The van der Waals surface area contributed by atoms with E-state index in [2.05, 4.69) is 120 Å². The minimum atomic E-state index is -2.29. The van der Waals surface area contributed by atoms with Crippen molar-refractivity contribution in [2.24, 2.45) is 5.92 Å². The van der Waals surface area contributed by atoms with Crippen LogP contribution in [0.2, 0.25) is 0 Å². The number of hydrogen-bond acceptors (Lipinski definition) is 0. The summed E-state index contributed by atoms with van der Waals surface area (Å²) in [5.74, 6) is 0.730. The van der Waals surface area contributed by atoms with E-state index in [-0.39, 0.29) is 5.16 Å². The van der Waals surface area contributed by atoms with Crippen LogP contribution in [0, 0.1) is 5.92 Å². The molecule has 0 nitrogen and oxygen atoms in total. The Kier molecular flexibility index (Phi) is 6.38. The first-order valence-corrected chi connectivity index (χ1v) is 13.7. The van der Waals surface area contributed by atoms with Crippen LogP contribution >= 0.6 is 23.2 Å². The Bertz CT molecular complexity index is 826. The third-order valence-corrected chi connectivity index (χ3v) is 14.3. The van der Waals surface area contributed by atoms with Crippen LogP contribution in [-0.2, 0) is 0 Å². The first-order valence-electron chi connectivity index (χ1n) is 10.6. The van der Waals surface area contributed by atoms with Crippen molar-refractivity contribution in [2.75, 3.05) is 5.33 Å². The van der Waals surface area contributed by atoms with E-state index >= 15 is 0 Å². The molecule has 0 saturated heterocycles. The second-order valence-electron chi connectivity index (χ2n) is 8.40. The molecule has 0 aliphatic heterocycles. The predicted molar refractivity (Wildman–Crippen MR) is 135 cm³/mol. The van der Waals surface area contributed by atoms with E-state index in [0.29, 0.717) is 0 Å². The molecule has 0 amide bonds. The summed E-state index contributed by atoms with van der Waals surface area (Å²) in [4.78, 5) is 0. The zero-order valence-electron chi connectivity index (χ0n) is 16.9. The Morgan fingerprint density at radius 1 is 0.828 bits per heavy atom. The first kappa shape index (κ1) is 20.6. The zero-order chi connectivity index (χ0) is 20.2. The van der Waals surface area contributed by atoms with Crippen molar-refractivity contribution < 1.29 is 0 Å². The van der Waals surface area contributed by atoms with Gasteiger partial charge in [-0.3, -0.25) is 0 Å². The van der Waals surface area contributed by atoms with Gasteiger partial charge in [0.25, 0.3) is 0 Å². The van der Waals surface area contributed by atoms with E-state index in [9.17, 15) is 0 Å². The third-order valence-electron chi connectivity index (χ3n) is 6.88. The van der Waals surface area contributed by atoms with Gasteiger partial charge in [-0.15, -0.1) is 0 Å². The maximum absolute atomic E-state index is 4.05. The molecule has 0 spiro atoms. The average molecular weight is 465 g/mol. The van der Waals surface area contributed by atoms with Crippen molar-refractivity contribution in [3.63, 3.8) is 0 Å². The summed E-state index contributed by atoms with van der Waals surface area (Å²) in [5, 5.41) is 5.85. The van der Waals surface area contributed by atoms with Crippen molar-refractivity contribution in [3.8, 4) is 0 Å². The Morgan fingerprint density at radius 2 is 1.28 bits per heavy atom. The van der Waals surface area contributed by atoms with E-state index in [4.69, 9.17) is 0 Å².